The molecule has 2 nitrogen and oxygen atoms in total. The number of piperidine rings is 3. The highest BCUT2D eigenvalue weighted by molar-refractivity contribution is 5.02. The van der Waals surface area contributed by atoms with Crippen molar-refractivity contribution in [1.29, 1.82) is 0 Å². The van der Waals surface area contributed by atoms with Gasteiger partial charge in [-0.2, -0.15) is 0 Å². The molecular formula is C10H18N2. The third-order valence-corrected chi connectivity index (χ3v) is 4.07. The van der Waals surface area contributed by atoms with Gasteiger partial charge in [-0.05, 0) is 50.6 Å². The first-order chi connectivity index (χ1) is 5.95. The summed E-state index contributed by atoms with van der Waals surface area (Å²) in [6.07, 6.45) is 5.76. The summed E-state index contributed by atoms with van der Waals surface area (Å²) in [6, 6.07) is 1.73. The quantitative estimate of drug-likeness (QED) is 0.554. The average Bonchev–Trinajstić information content (AvgIpc) is 2.20. The van der Waals surface area contributed by atoms with Gasteiger partial charge in [0.15, 0.2) is 0 Å². The Hall–Kier alpha value is -0.0800. The van der Waals surface area contributed by atoms with Crippen molar-refractivity contribution >= 4 is 0 Å². The fraction of sp³-hybridized carbons (Fsp3) is 1.00. The van der Waals surface area contributed by atoms with Crippen molar-refractivity contribution in [1.82, 2.24) is 10.6 Å². The lowest BCUT2D eigenvalue weighted by Crippen LogP contribution is -2.64. The van der Waals surface area contributed by atoms with Gasteiger partial charge in [0.2, 0.25) is 0 Å². The minimum Gasteiger partial charge on any atom is -0.313 e. The van der Waals surface area contributed by atoms with Crippen LogP contribution in [0.15, 0.2) is 0 Å². The number of rotatable bonds is 0. The molecule has 0 aromatic rings. The van der Waals surface area contributed by atoms with Gasteiger partial charge >= 0.3 is 0 Å². The van der Waals surface area contributed by atoms with Crippen molar-refractivity contribution in [2.24, 2.45) is 11.8 Å². The van der Waals surface area contributed by atoms with Crippen molar-refractivity contribution in [3.8, 4) is 0 Å². The van der Waals surface area contributed by atoms with Crippen LogP contribution in [-0.2, 0) is 0 Å². The molecule has 1 saturated carbocycles. The molecule has 0 aromatic carbocycles. The molecule has 3 heterocycles. The zero-order chi connectivity index (χ0) is 7.97. The molecule has 2 bridgehead atoms. The highest BCUT2D eigenvalue weighted by Gasteiger charge is 2.43. The van der Waals surface area contributed by atoms with E-state index in [1.165, 1.54) is 38.8 Å². The second-order valence-corrected chi connectivity index (χ2v) is 4.64. The Bertz CT molecular complexity index is 153. The molecule has 0 unspecified atom stereocenters. The normalized spacial score (nSPS) is 52.0. The SMILES string of the molecule is C1CN[C@H]2[C@H]3CC[C@H](NC3)[C@H]2C1. The molecule has 0 aromatic heterocycles. The van der Waals surface area contributed by atoms with Gasteiger partial charge in [-0.15, -0.1) is 0 Å². The molecule has 2 N–H and O–H groups in total. The lowest BCUT2D eigenvalue weighted by molar-refractivity contribution is 0.0604. The van der Waals surface area contributed by atoms with Crippen molar-refractivity contribution in [3.63, 3.8) is 0 Å². The largest absolute Gasteiger partial charge is 0.313 e. The molecule has 3 saturated heterocycles. The number of hydrogen-bond acceptors (Lipinski definition) is 2. The maximum absolute atomic E-state index is 3.71. The van der Waals surface area contributed by atoms with E-state index >= 15 is 0 Å². The molecule has 12 heavy (non-hydrogen) atoms. The minimum absolute atomic E-state index is 0.854. The topological polar surface area (TPSA) is 24.1 Å². The van der Waals surface area contributed by atoms with Gasteiger partial charge < -0.3 is 10.6 Å². The minimum atomic E-state index is 0.854. The van der Waals surface area contributed by atoms with Gasteiger partial charge in [-0.1, -0.05) is 0 Å². The first-order valence-corrected chi connectivity index (χ1v) is 5.42. The van der Waals surface area contributed by atoms with E-state index in [-0.39, 0.29) is 0 Å². The summed E-state index contributed by atoms with van der Waals surface area (Å²) < 4.78 is 0. The molecule has 0 amide bonds. The van der Waals surface area contributed by atoms with E-state index in [9.17, 15) is 0 Å². The Balaban J connectivity index is 1.83. The van der Waals surface area contributed by atoms with E-state index in [0.29, 0.717) is 0 Å². The van der Waals surface area contributed by atoms with Crippen LogP contribution in [0, 0.1) is 11.8 Å². The highest BCUT2D eigenvalue weighted by Crippen LogP contribution is 2.37. The Morgan fingerprint density at radius 3 is 2.75 bits per heavy atom. The number of fused-ring (bicyclic) bond motifs is 2. The van der Waals surface area contributed by atoms with E-state index in [4.69, 9.17) is 0 Å². The van der Waals surface area contributed by atoms with E-state index < -0.39 is 0 Å². The fourth-order valence-electron chi connectivity index (χ4n) is 3.48. The molecule has 4 aliphatic rings. The maximum atomic E-state index is 3.71. The monoisotopic (exact) mass is 166 g/mol. The van der Waals surface area contributed by atoms with E-state index in [0.717, 1.165) is 23.9 Å². The van der Waals surface area contributed by atoms with Crippen molar-refractivity contribution < 1.29 is 0 Å². The Kier molecular flexibility index (Phi) is 1.66. The van der Waals surface area contributed by atoms with Crippen LogP contribution < -0.4 is 10.6 Å². The summed E-state index contributed by atoms with van der Waals surface area (Å²) in [6.45, 7) is 2.54. The fourth-order valence-corrected chi connectivity index (χ4v) is 3.48. The zero-order valence-corrected chi connectivity index (χ0v) is 7.55. The molecule has 68 valence electrons. The van der Waals surface area contributed by atoms with Crippen LogP contribution in [-0.4, -0.2) is 25.2 Å². The summed E-state index contributed by atoms with van der Waals surface area (Å²) >= 11 is 0. The highest BCUT2D eigenvalue weighted by atomic mass is 15.1. The van der Waals surface area contributed by atoms with Crippen LogP contribution in [0.1, 0.15) is 25.7 Å². The molecule has 0 radical (unpaired) electrons. The molecule has 4 atom stereocenters. The molecule has 0 spiro atoms. The lowest BCUT2D eigenvalue weighted by atomic mass is 9.67. The van der Waals surface area contributed by atoms with Crippen LogP contribution in [0.3, 0.4) is 0 Å². The third-order valence-electron chi connectivity index (χ3n) is 4.07. The molecule has 4 rings (SSSR count). The Morgan fingerprint density at radius 2 is 2.00 bits per heavy atom. The maximum Gasteiger partial charge on any atom is 0.0151 e. The van der Waals surface area contributed by atoms with E-state index in [2.05, 4.69) is 10.6 Å². The summed E-state index contributed by atoms with van der Waals surface area (Å²) in [5, 5.41) is 7.39. The number of hydrogen-bond donors (Lipinski definition) is 2. The van der Waals surface area contributed by atoms with E-state index in [1.807, 2.05) is 0 Å². The summed E-state index contributed by atoms with van der Waals surface area (Å²) in [5.74, 6) is 1.91. The molecule has 2 heteroatoms. The zero-order valence-electron chi connectivity index (χ0n) is 7.55. The van der Waals surface area contributed by atoms with Gasteiger partial charge in [0.1, 0.15) is 0 Å². The van der Waals surface area contributed by atoms with E-state index in [1.54, 1.807) is 0 Å². The van der Waals surface area contributed by atoms with Gasteiger partial charge in [-0.25, -0.2) is 0 Å². The standard InChI is InChI=1S/C10H18N2/c1-2-8-9-4-3-7(6-12-9)10(8)11-5-1/h7-12H,1-6H2/t7-,8+,9-,10-/m0/s1. The van der Waals surface area contributed by atoms with Crippen LogP contribution in [0.25, 0.3) is 0 Å². The second kappa shape index (κ2) is 2.71. The molecule has 1 aliphatic carbocycles. The smallest absolute Gasteiger partial charge is 0.0151 e. The second-order valence-electron chi connectivity index (χ2n) is 4.64. The van der Waals surface area contributed by atoms with Gasteiger partial charge in [0, 0.05) is 12.1 Å². The summed E-state index contributed by atoms with van der Waals surface area (Å²) in [5.41, 5.74) is 0. The van der Waals surface area contributed by atoms with Gasteiger partial charge in [-0.3, -0.25) is 0 Å². The van der Waals surface area contributed by atoms with Crippen LogP contribution >= 0.6 is 0 Å². The first kappa shape index (κ1) is 7.34. The Morgan fingerprint density at radius 1 is 1.00 bits per heavy atom. The van der Waals surface area contributed by atoms with Gasteiger partial charge in [0.25, 0.3) is 0 Å². The lowest BCUT2D eigenvalue weighted by Gasteiger charge is -2.51. The third kappa shape index (κ3) is 0.944. The summed E-state index contributed by atoms with van der Waals surface area (Å²) in [4.78, 5) is 0. The van der Waals surface area contributed by atoms with Crippen molar-refractivity contribution in [2.75, 3.05) is 13.1 Å². The molecular weight excluding hydrogens is 148 g/mol. The van der Waals surface area contributed by atoms with Crippen molar-refractivity contribution in [3.05, 3.63) is 0 Å². The van der Waals surface area contributed by atoms with Crippen LogP contribution in [0.4, 0.5) is 0 Å². The predicted octanol–water partition coefficient (Wildman–Crippen LogP) is 0.736. The Labute approximate surface area is 74.1 Å². The van der Waals surface area contributed by atoms with Crippen LogP contribution in [0.5, 0.6) is 0 Å². The summed E-state index contributed by atoms with van der Waals surface area (Å²) in [7, 11) is 0. The average molecular weight is 166 g/mol. The predicted molar refractivity (Wildman–Crippen MR) is 49.0 cm³/mol. The molecule has 3 aliphatic heterocycles. The van der Waals surface area contributed by atoms with Crippen LogP contribution in [0.2, 0.25) is 0 Å². The number of nitrogens with one attached hydrogen (secondary N) is 2. The van der Waals surface area contributed by atoms with Crippen molar-refractivity contribution in [2.45, 2.75) is 37.8 Å². The van der Waals surface area contributed by atoms with Gasteiger partial charge in [0.05, 0.1) is 0 Å². The first-order valence-electron chi connectivity index (χ1n) is 5.42. The molecule has 4 fully saturated rings.